The van der Waals surface area contributed by atoms with Gasteiger partial charge in [-0.05, 0) is 37.1 Å². The van der Waals surface area contributed by atoms with E-state index in [0.29, 0.717) is 13.0 Å². The zero-order valence-corrected chi connectivity index (χ0v) is 16.0. The number of rotatable bonds is 2. The summed E-state index contributed by atoms with van der Waals surface area (Å²) in [5, 5.41) is 9.56. The molecule has 1 aliphatic heterocycles. The first-order valence-corrected chi connectivity index (χ1v) is 9.81. The van der Waals surface area contributed by atoms with Crippen molar-refractivity contribution in [3.05, 3.63) is 70.2 Å². The maximum atomic E-state index is 12.3. The first-order chi connectivity index (χ1) is 13.1. The number of fused-ring (bicyclic) bond motifs is 3. The number of nitrogens with zero attached hydrogens (tertiary/aromatic N) is 4. The molecule has 27 heavy (non-hydrogen) atoms. The Hall–Kier alpha value is -2.93. The normalized spacial score (nSPS) is 17.0. The molecule has 7 heteroatoms. The van der Waals surface area contributed by atoms with Gasteiger partial charge < -0.3 is 5.32 Å². The van der Waals surface area contributed by atoms with Crippen molar-refractivity contribution in [2.75, 3.05) is 0 Å². The summed E-state index contributed by atoms with van der Waals surface area (Å²) in [7, 11) is 0. The molecule has 1 unspecified atom stereocenters. The lowest BCUT2D eigenvalue weighted by Crippen LogP contribution is -2.21. The Morgan fingerprint density at radius 2 is 2.15 bits per heavy atom. The Balaban J connectivity index is 1.60. The molecule has 0 aliphatic carbocycles. The number of aryl methyl sites for hydroxylation is 2. The summed E-state index contributed by atoms with van der Waals surface area (Å²) in [6.07, 6.45) is 6.33. The number of nitrogens with one attached hydrogen (secondary N) is 1. The lowest BCUT2D eigenvalue weighted by Gasteiger charge is -2.12. The van der Waals surface area contributed by atoms with Crippen LogP contribution in [0.25, 0.3) is 10.6 Å². The third-order valence-corrected chi connectivity index (χ3v) is 6.06. The van der Waals surface area contributed by atoms with Crippen molar-refractivity contribution in [3.8, 4) is 5.69 Å². The lowest BCUT2D eigenvalue weighted by molar-refractivity contribution is -0.121. The fraction of sp³-hybridized carbons (Fsp3) is 0.250. The third-order valence-electron chi connectivity index (χ3n) is 5.31. The van der Waals surface area contributed by atoms with Gasteiger partial charge in [-0.25, -0.2) is 9.67 Å². The number of hydrogen-bond acceptors (Lipinski definition) is 4. The maximum Gasteiger partial charge on any atom is 0.221 e. The number of amides is 1. The molecule has 0 saturated carbocycles. The fourth-order valence-corrected chi connectivity index (χ4v) is 4.43. The predicted molar refractivity (Wildman–Crippen MR) is 104 cm³/mol. The minimum atomic E-state index is -0.0626. The van der Waals surface area contributed by atoms with Gasteiger partial charge in [-0.3, -0.25) is 9.20 Å². The molecule has 0 saturated heterocycles. The molecule has 136 valence electrons. The van der Waals surface area contributed by atoms with Crippen LogP contribution in [-0.4, -0.2) is 25.1 Å². The van der Waals surface area contributed by atoms with E-state index in [1.165, 1.54) is 11.1 Å². The smallest absolute Gasteiger partial charge is 0.221 e. The van der Waals surface area contributed by atoms with Crippen molar-refractivity contribution < 1.29 is 4.79 Å². The van der Waals surface area contributed by atoms with Crippen molar-refractivity contribution in [3.63, 3.8) is 0 Å². The first kappa shape index (κ1) is 16.3. The first-order valence-electron chi connectivity index (χ1n) is 8.93. The number of imidazole rings is 1. The highest BCUT2D eigenvalue weighted by Crippen LogP contribution is 2.34. The molecule has 1 aliphatic rings. The molecular weight excluding hydrogens is 358 g/mol. The Labute approximate surface area is 160 Å². The number of benzene rings is 1. The number of hydrogen-bond donors (Lipinski definition) is 1. The van der Waals surface area contributed by atoms with E-state index in [1.54, 1.807) is 11.3 Å². The van der Waals surface area contributed by atoms with E-state index >= 15 is 0 Å². The molecule has 1 amide bonds. The Kier molecular flexibility index (Phi) is 3.65. The number of carbonyl (C=O) groups is 1. The molecule has 1 N–H and O–H groups in total. The van der Waals surface area contributed by atoms with Crippen LogP contribution in [0.3, 0.4) is 0 Å². The standard InChI is InChI=1S/C20H19N5OS/c1-12-3-4-15(7-13(12)2)25-11-14(9-22-25)16-8-18(26)21-10-17-19(16)24-5-6-27-20(24)23-17/h3-7,9,11,16H,8,10H2,1-2H3,(H,21,26). The minimum absolute atomic E-state index is 0.0425. The van der Waals surface area contributed by atoms with Crippen molar-refractivity contribution in [2.24, 2.45) is 0 Å². The summed E-state index contributed by atoms with van der Waals surface area (Å²) < 4.78 is 3.99. The molecule has 1 aromatic carbocycles. The van der Waals surface area contributed by atoms with Crippen LogP contribution in [0.15, 0.2) is 42.2 Å². The van der Waals surface area contributed by atoms with E-state index in [9.17, 15) is 4.79 Å². The molecule has 0 fully saturated rings. The third kappa shape index (κ3) is 2.66. The highest BCUT2D eigenvalue weighted by Gasteiger charge is 2.30. The zero-order valence-electron chi connectivity index (χ0n) is 15.1. The van der Waals surface area contributed by atoms with E-state index in [0.717, 1.165) is 27.6 Å². The zero-order chi connectivity index (χ0) is 18.5. The highest BCUT2D eigenvalue weighted by molar-refractivity contribution is 7.15. The predicted octanol–water partition coefficient (Wildman–Crippen LogP) is 3.35. The van der Waals surface area contributed by atoms with Gasteiger partial charge in [0.05, 0.1) is 29.8 Å². The largest absolute Gasteiger partial charge is 0.350 e. The van der Waals surface area contributed by atoms with Crippen LogP contribution in [0.2, 0.25) is 0 Å². The summed E-state index contributed by atoms with van der Waals surface area (Å²) in [6.45, 7) is 4.68. The molecule has 1 atom stereocenters. The molecule has 3 aromatic heterocycles. The lowest BCUT2D eigenvalue weighted by atomic mass is 9.94. The summed E-state index contributed by atoms with van der Waals surface area (Å²) in [6, 6.07) is 6.31. The van der Waals surface area contributed by atoms with Crippen LogP contribution in [0.4, 0.5) is 0 Å². The van der Waals surface area contributed by atoms with Gasteiger partial charge in [0.1, 0.15) is 0 Å². The molecule has 0 spiro atoms. The number of thiazole rings is 1. The van der Waals surface area contributed by atoms with Gasteiger partial charge in [-0.2, -0.15) is 5.10 Å². The van der Waals surface area contributed by atoms with Crippen LogP contribution in [0.1, 0.15) is 40.4 Å². The fourth-order valence-electron chi connectivity index (χ4n) is 3.69. The van der Waals surface area contributed by atoms with Crippen LogP contribution < -0.4 is 5.32 Å². The van der Waals surface area contributed by atoms with E-state index in [4.69, 9.17) is 4.98 Å². The van der Waals surface area contributed by atoms with Gasteiger partial charge in [-0.15, -0.1) is 11.3 Å². The van der Waals surface area contributed by atoms with Crippen molar-refractivity contribution in [1.82, 2.24) is 24.5 Å². The summed E-state index contributed by atoms with van der Waals surface area (Å²) >= 11 is 1.61. The van der Waals surface area contributed by atoms with Crippen LogP contribution >= 0.6 is 11.3 Å². The molecule has 6 nitrogen and oxygen atoms in total. The van der Waals surface area contributed by atoms with Crippen LogP contribution in [-0.2, 0) is 11.3 Å². The molecule has 4 heterocycles. The number of carbonyl (C=O) groups excluding carboxylic acids is 1. The van der Waals surface area contributed by atoms with Gasteiger partial charge in [0.15, 0.2) is 4.96 Å². The quantitative estimate of drug-likeness (QED) is 0.583. The van der Waals surface area contributed by atoms with Crippen molar-refractivity contribution in [2.45, 2.75) is 32.7 Å². The van der Waals surface area contributed by atoms with E-state index in [2.05, 4.69) is 46.9 Å². The van der Waals surface area contributed by atoms with Crippen LogP contribution in [0, 0.1) is 13.8 Å². The van der Waals surface area contributed by atoms with E-state index in [-0.39, 0.29) is 11.8 Å². The topological polar surface area (TPSA) is 64.2 Å². The average molecular weight is 377 g/mol. The molecule has 4 aromatic rings. The highest BCUT2D eigenvalue weighted by atomic mass is 32.1. The summed E-state index contributed by atoms with van der Waals surface area (Å²) in [5.41, 5.74) is 6.57. The van der Waals surface area contributed by atoms with Crippen molar-refractivity contribution in [1.29, 1.82) is 0 Å². The Morgan fingerprint density at radius 3 is 3.00 bits per heavy atom. The SMILES string of the molecule is Cc1ccc(-n2cc(C3CC(=O)NCc4nc5sccn5c43)cn2)cc1C. The Morgan fingerprint density at radius 1 is 1.26 bits per heavy atom. The minimum Gasteiger partial charge on any atom is -0.350 e. The van der Waals surface area contributed by atoms with Gasteiger partial charge in [-0.1, -0.05) is 6.07 Å². The van der Waals surface area contributed by atoms with Crippen molar-refractivity contribution >= 4 is 22.2 Å². The molecule has 5 rings (SSSR count). The van der Waals surface area contributed by atoms with Gasteiger partial charge in [0.25, 0.3) is 0 Å². The molecule has 0 bridgehead atoms. The van der Waals surface area contributed by atoms with Gasteiger partial charge in [0.2, 0.25) is 5.91 Å². The van der Waals surface area contributed by atoms with Crippen LogP contribution in [0.5, 0.6) is 0 Å². The van der Waals surface area contributed by atoms with Gasteiger partial charge >= 0.3 is 0 Å². The van der Waals surface area contributed by atoms with E-state index in [1.807, 2.05) is 28.7 Å². The second-order valence-electron chi connectivity index (χ2n) is 7.02. The summed E-state index contributed by atoms with van der Waals surface area (Å²) in [5.74, 6) is -0.0201. The number of aromatic nitrogens is 4. The maximum absolute atomic E-state index is 12.3. The molecule has 0 radical (unpaired) electrons. The second-order valence-corrected chi connectivity index (χ2v) is 7.89. The molecular formula is C20H19N5OS. The van der Waals surface area contributed by atoms with Gasteiger partial charge in [0, 0.05) is 35.7 Å². The second kappa shape index (κ2) is 6.06. The monoisotopic (exact) mass is 377 g/mol. The Bertz CT molecular complexity index is 1170. The summed E-state index contributed by atoms with van der Waals surface area (Å²) in [4.78, 5) is 18.0. The van der Waals surface area contributed by atoms with E-state index < -0.39 is 0 Å². The average Bonchev–Trinajstić information content (AvgIpc) is 3.34.